The van der Waals surface area contributed by atoms with Gasteiger partial charge < -0.3 is 5.32 Å². The van der Waals surface area contributed by atoms with E-state index < -0.39 is 0 Å². The summed E-state index contributed by atoms with van der Waals surface area (Å²) in [4.78, 5) is 11.9. The van der Waals surface area contributed by atoms with Crippen LogP contribution in [0.3, 0.4) is 0 Å². The van der Waals surface area contributed by atoms with E-state index in [4.69, 9.17) is 0 Å². The number of halogens is 2. The number of carbonyl (C=O) groups is 1. The second-order valence-corrected chi connectivity index (χ2v) is 5.56. The third-order valence-corrected chi connectivity index (χ3v) is 3.90. The Labute approximate surface area is 109 Å². The van der Waals surface area contributed by atoms with E-state index in [1.165, 1.54) is 6.07 Å². The molecule has 0 radical (unpaired) electrons. The molecule has 1 aromatic carbocycles. The van der Waals surface area contributed by atoms with Crippen molar-refractivity contribution in [3.8, 4) is 0 Å². The van der Waals surface area contributed by atoms with Gasteiger partial charge in [0.25, 0.3) is 0 Å². The van der Waals surface area contributed by atoms with E-state index in [1.807, 2.05) is 6.92 Å². The van der Waals surface area contributed by atoms with Gasteiger partial charge in [0.1, 0.15) is 5.82 Å². The molecule has 0 bridgehead atoms. The topological polar surface area (TPSA) is 29.1 Å². The van der Waals surface area contributed by atoms with Crippen molar-refractivity contribution < 1.29 is 9.18 Å². The van der Waals surface area contributed by atoms with E-state index in [0.717, 1.165) is 11.8 Å². The zero-order valence-corrected chi connectivity index (χ0v) is 11.3. The van der Waals surface area contributed by atoms with Crippen LogP contribution in [0.15, 0.2) is 24.3 Å². The first-order chi connectivity index (χ1) is 8.08. The van der Waals surface area contributed by atoms with E-state index in [1.54, 1.807) is 18.2 Å². The lowest BCUT2D eigenvalue weighted by Crippen LogP contribution is -2.27. The molecular weight excluding hydrogens is 285 g/mol. The number of nitrogens with one attached hydrogen (secondary N) is 1. The Morgan fingerprint density at radius 3 is 2.88 bits per heavy atom. The number of benzene rings is 1. The van der Waals surface area contributed by atoms with Crippen LogP contribution >= 0.6 is 15.9 Å². The van der Waals surface area contributed by atoms with Gasteiger partial charge in [-0.25, -0.2) is 4.39 Å². The minimum Gasteiger partial charge on any atom is -0.355 e. The third kappa shape index (κ3) is 2.23. The molecule has 2 atom stereocenters. The number of rotatable bonds is 3. The zero-order chi connectivity index (χ0) is 12.5. The predicted molar refractivity (Wildman–Crippen MR) is 68.7 cm³/mol. The maximum Gasteiger partial charge on any atom is 0.228 e. The van der Waals surface area contributed by atoms with Crippen molar-refractivity contribution >= 4 is 21.8 Å². The molecule has 2 unspecified atom stereocenters. The third-order valence-electron chi connectivity index (χ3n) is 3.51. The Kier molecular flexibility index (Phi) is 3.52. The van der Waals surface area contributed by atoms with Crippen molar-refractivity contribution in [3.05, 3.63) is 35.6 Å². The Balaban J connectivity index is 2.41. The molecule has 1 saturated heterocycles. The molecule has 1 heterocycles. The summed E-state index contributed by atoms with van der Waals surface area (Å²) in [6.07, 6.45) is 0.838. The minimum absolute atomic E-state index is 0.0708. The van der Waals surface area contributed by atoms with E-state index in [0.29, 0.717) is 12.1 Å². The molecule has 0 aliphatic carbocycles. The lowest BCUT2D eigenvalue weighted by atomic mass is 9.74. The van der Waals surface area contributed by atoms with E-state index >= 15 is 0 Å². The van der Waals surface area contributed by atoms with Gasteiger partial charge in [-0.3, -0.25) is 4.79 Å². The van der Waals surface area contributed by atoms with Gasteiger partial charge in [-0.15, -0.1) is 0 Å². The second-order valence-electron chi connectivity index (χ2n) is 4.77. The highest BCUT2D eigenvalue weighted by molar-refractivity contribution is 9.09. The summed E-state index contributed by atoms with van der Waals surface area (Å²) < 4.78 is 13.8. The fraction of sp³-hybridized carbons (Fsp3) is 0.462. The van der Waals surface area contributed by atoms with Gasteiger partial charge in [-0.05, 0) is 12.5 Å². The molecule has 0 spiro atoms. The van der Waals surface area contributed by atoms with E-state index in [2.05, 4.69) is 21.2 Å². The Bertz CT molecular complexity index is 437. The molecule has 1 fully saturated rings. The maximum absolute atomic E-state index is 13.8. The molecular formula is C13H15BrFNO. The van der Waals surface area contributed by atoms with Crippen LogP contribution in [-0.2, 0) is 4.79 Å². The summed E-state index contributed by atoms with van der Waals surface area (Å²) >= 11 is 3.40. The Morgan fingerprint density at radius 2 is 2.24 bits per heavy atom. The predicted octanol–water partition coefficient (Wildman–Crippen LogP) is 2.83. The quantitative estimate of drug-likeness (QED) is 0.855. The number of amides is 1. The molecule has 1 N–H and O–H groups in total. The Hall–Kier alpha value is -0.900. The zero-order valence-electron chi connectivity index (χ0n) is 9.67. The van der Waals surface area contributed by atoms with Gasteiger partial charge in [0.2, 0.25) is 5.91 Å². The van der Waals surface area contributed by atoms with Crippen LogP contribution in [0.4, 0.5) is 4.39 Å². The second kappa shape index (κ2) is 4.77. The number of hydrogen-bond donors (Lipinski definition) is 1. The van der Waals surface area contributed by atoms with Gasteiger partial charge in [0, 0.05) is 22.9 Å². The van der Waals surface area contributed by atoms with Crippen LogP contribution in [0, 0.1) is 11.2 Å². The molecule has 2 rings (SSSR count). The average molecular weight is 300 g/mol. The van der Waals surface area contributed by atoms with Crippen molar-refractivity contribution in [1.82, 2.24) is 5.32 Å². The molecule has 92 valence electrons. The number of alkyl halides is 1. The van der Waals surface area contributed by atoms with Crippen molar-refractivity contribution in [3.63, 3.8) is 0 Å². The summed E-state index contributed by atoms with van der Waals surface area (Å²) in [6, 6.07) is 6.54. The first-order valence-corrected chi connectivity index (χ1v) is 6.79. The highest BCUT2D eigenvalue weighted by Crippen LogP contribution is 2.43. The molecule has 1 aliphatic heterocycles. The SMILES string of the molecule is CC1(CCBr)CNC(=O)C1c1ccccc1F. The average Bonchev–Trinajstić information content (AvgIpc) is 2.57. The van der Waals surface area contributed by atoms with Crippen LogP contribution in [0.2, 0.25) is 0 Å². The number of hydrogen-bond acceptors (Lipinski definition) is 1. The van der Waals surface area contributed by atoms with Gasteiger partial charge in [0.05, 0.1) is 5.92 Å². The van der Waals surface area contributed by atoms with E-state index in [-0.39, 0.29) is 23.1 Å². The molecule has 4 heteroatoms. The van der Waals surface area contributed by atoms with Gasteiger partial charge >= 0.3 is 0 Å². The summed E-state index contributed by atoms with van der Waals surface area (Å²) in [7, 11) is 0. The van der Waals surface area contributed by atoms with Gasteiger partial charge in [-0.1, -0.05) is 41.1 Å². The highest BCUT2D eigenvalue weighted by atomic mass is 79.9. The standard InChI is InChI=1S/C13H15BrFNO/c1-13(6-7-14)8-16-12(17)11(13)9-4-2-3-5-10(9)15/h2-5,11H,6-8H2,1H3,(H,16,17). The maximum atomic E-state index is 13.8. The molecule has 0 saturated carbocycles. The molecule has 1 aliphatic rings. The normalized spacial score (nSPS) is 28.2. The molecule has 17 heavy (non-hydrogen) atoms. The highest BCUT2D eigenvalue weighted by Gasteiger charge is 2.45. The van der Waals surface area contributed by atoms with Crippen LogP contribution < -0.4 is 5.32 Å². The Morgan fingerprint density at radius 1 is 1.53 bits per heavy atom. The molecule has 1 aromatic rings. The molecule has 0 aromatic heterocycles. The summed E-state index contributed by atoms with van der Waals surface area (Å²) in [5.41, 5.74) is 0.286. The van der Waals surface area contributed by atoms with Crippen LogP contribution in [-0.4, -0.2) is 17.8 Å². The smallest absolute Gasteiger partial charge is 0.228 e. The monoisotopic (exact) mass is 299 g/mol. The summed E-state index contributed by atoms with van der Waals surface area (Å²) in [5.74, 6) is -0.754. The van der Waals surface area contributed by atoms with Crippen LogP contribution in [0.1, 0.15) is 24.8 Å². The fourth-order valence-corrected chi connectivity index (χ4v) is 3.39. The lowest BCUT2D eigenvalue weighted by Gasteiger charge is -2.28. The lowest BCUT2D eigenvalue weighted by molar-refractivity contribution is -0.121. The van der Waals surface area contributed by atoms with Crippen LogP contribution in [0.5, 0.6) is 0 Å². The first-order valence-electron chi connectivity index (χ1n) is 5.66. The summed E-state index contributed by atoms with van der Waals surface area (Å²) in [5, 5.41) is 3.65. The van der Waals surface area contributed by atoms with Crippen LogP contribution in [0.25, 0.3) is 0 Å². The van der Waals surface area contributed by atoms with Crippen molar-refractivity contribution in [2.45, 2.75) is 19.3 Å². The van der Waals surface area contributed by atoms with Crippen molar-refractivity contribution in [2.24, 2.45) is 5.41 Å². The minimum atomic E-state index is -0.388. The van der Waals surface area contributed by atoms with Crippen molar-refractivity contribution in [2.75, 3.05) is 11.9 Å². The number of carbonyl (C=O) groups excluding carboxylic acids is 1. The van der Waals surface area contributed by atoms with Gasteiger partial charge in [-0.2, -0.15) is 0 Å². The van der Waals surface area contributed by atoms with E-state index in [9.17, 15) is 9.18 Å². The summed E-state index contributed by atoms with van der Waals surface area (Å²) in [6.45, 7) is 2.64. The van der Waals surface area contributed by atoms with Gasteiger partial charge in [0.15, 0.2) is 0 Å². The molecule has 2 nitrogen and oxygen atoms in total. The fourth-order valence-electron chi connectivity index (χ4n) is 2.48. The van der Waals surface area contributed by atoms with Crippen molar-refractivity contribution in [1.29, 1.82) is 0 Å². The first kappa shape index (κ1) is 12.6. The largest absolute Gasteiger partial charge is 0.355 e. The molecule has 1 amide bonds.